The van der Waals surface area contributed by atoms with Crippen LogP contribution in [0.5, 0.6) is 0 Å². The molecule has 1 aromatic carbocycles. The van der Waals surface area contributed by atoms with E-state index < -0.39 is 9.84 Å². The molecule has 0 N–H and O–H groups in total. The second kappa shape index (κ2) is 6.61. The van der Waals surface area contributed by atoms with Crippen LogP contribution >= 0.6 is 0 Å². The van der Waals surface area contributed by atoms with E-state index in [0.29, 0.717) is 25.9 Å². The van der Waals surface area contributed by atoms with Crippen LogP contribution in [0.4, 0.5) is 0 Å². The molecule has 6 heteroatoms. The molecule has 0 bridgehead atoms. The number of nitrogens with zero attached hydrogens (tertiary/aromatic N) is 2. The van der Waals surface area contributed by atoms with Gasteiger partial charge in [-0.2, -0.15) is 0 Å². The van der Waals surface area contributed by atoms with Crippen molar-refractivity contribution in [2.24, 2.45) is 0 Å². The number of carbonyl (C=O) groups excluding carboxylic acids is 1. The summed E-state index contributed by atoms with van der Waals surface area (Å²) in [6.45, 7) is 2.09. The minimum atomic E-state index is -2.87. The maximum Gasteiger partial charge on any atom is 0.224 e. The predicted molar refractivity (Wildman–Crippen MR) is 89.9 cm³/mol. The highest BCUT2D eigenvalue weighted by Gasteiger charge is 2.31. The molecule has 0 spiro atoms. The van der Waals surface area contributed by atoms with Crippen LogP contribution in [-0.4, -0.2) is 61.8 Å². The van der Waals surface area contributed by atoms with Gasteiger partial charge in [0, 0.05) is 32.1 Å². The Labute approximate surface area is 138 Å². The number of rotatable bonds is 4. The Morgan fingerprint density at radius 1 is 1.30 bits per heavy atom. The number of fused-ring (bicyclic) bond motifs is 1. The van der Waals surface area contributed by atoms with E-state index in [1.807, 2.05) is 29.0 Å². The van der Waals surface area contributed by atoms with Crippen molar-refractivity contribution in [3.63, 3.8) is 0 Å². The van der Waals surface area contributed by atoms with Crippen LogP contribution in [-0.2, 0) is 27.6 Å². The van der Waals surface area contributed by atoms with Crippen LogP contribution < -0.4 is 0 Å². The maximum absolute atomic E-state index is 12.4. The number of amides is 1. The quantitative estimate of drug-likeness (QED) is 0.826. The van der Waals surface area contributed by atoms with Crippen molar-refractivity contribution in [3.05, 3.63) is 35.4 Å². The summed E-state index contributed by atoms with van der Waals surface area (Å²) in [6, 6.07) is 8.34. The first-order valence-corrected chi connectivity index (χ1v) is 10.0. The lowest BCUT2D eigenvalue weighted by atomic mass is 10.00. The lowest BCUT2D eigenvalue weighted by molar-refractivity contribution is -0.132. The van der Waals surface area contributed by atoms with Gasteiger partial charge in [0.25, 0.3) is 0 Å². The fourth-order valence-corrected chi connectivity index (χ4v) is 5.25. The lowest BCUT2D eigenvalue weighted by Crippen LogP contribution is -2.39. The smallest absolute Gasteiger partial charge is 0.224 e. The van der Waals surface area contributed by atoms with E-state index in [4.69, 9.17) is 0 Å². The number of carbonyl (C=O) groups is 1. The largest absolute Gasteiger partial charge is 0.338 e. The highest BCUT2D eigenvalue weighted by molar-refractivity contribution is 7.91. The van der Waals surface area contributed by atoms with Gasteiger partial charge in [0.15, 0.2) is 9.84 Å². The molecular weight excluding hydrogens is 312 g/mol. The van der Waals surface area contributed by atoms with Gasteiger partial charge in [-0.15, -0.1) is 0 Å². The summed E-state index contributed by atoms with van der Waals surface area (Å²) >= 11 is 0. The zero-order valence-electron chi connectivity index (χ0n) is 13.6. The van der Waals surface area contributed by atoms with Crippen LogP contribution in [0.3, 0.4) is 0 Å². The molecule has 1 amide bonds. The fraction of sp³-hybridized carbons (Fsp3) is 0.588. The van der Waals surface area contributed by atoms with Crippen LogP contribution in [0.2, 0.25) is 0 Å². The molecule has 1 saturated heterocycles. The third-order valence-electron chi connectivity index (χ3n) is 4.99. The Bertz CT molecular complexity index is 687. The molecule has 0 aliphatic carbocycles. The molecule has 1 atom stereocenters. The molecule has 1 fully saturated rings. The van der Waals surface area contributed by atoms with Gasteiger partial charge in [0.2, 0.25) is 5.91 Å². The summed E-state index contributed by atoms with van der Waals surface area (Å²) in [4.78, 5) is 16.4. The zero-order valence-corrected chi connectivity index (χ0v) is 14.4. The van der Waals surface area contributed by atoms with E-state index in [-0.39, 0.29) is 23.5 Å². The van der Waals surface area contributed by atoms with Crippen molar-refractivity contribution in [2.75, 3.05) is 31.6 Å². The average Bonchev–Trinajstić information content (AvgIpc) is 2.92. The molecule has 1 unspecified atom stereocenters. The Balaban J connectivity index is 1.50. The standard InChI is InChI=1S/C17H24N2O3S/c1-18(16-8-11-23(21,22)13-16)9-7-17(20)19-10-6-14-4-2-3-5-15(14)12-19/h2-5,16H,6-13H2,1H3. The average molecular weight is 336 g/mol. The van der Waals surface area contributed by atoms with E-state index in [1.165, 1.54) is 11.1 Å². The zero-order chi connectivity index (χ0) is 16.4. The lowest BCUT2D eigenvalue weighted by Gasteiger charge is -2.30. The molecule has 2 aliphatic heterocycles. The van der Waals surface area contributed by atoms with Crippen LogP contribution in [0.25, 0.3) is 0 Å². The van der Waals surface area contributed by atoms with Gasteiger partial charge in [-0.1, -0.05) is 24.3 Å². The van der Waals surface area contributed by atoms with E-state index in [2.05, 4.69) is 12.1 Å². The molecule has 0 saturated carbocycles. The van der Waals surface area contributed by atoms with Crippen molar-refractivity contribution in [1.29, 1.82) is 0 Å². The van der Waals surface area contributed by atoms with Gasteiger partial charge < -0.3 is 9.80 Å². The predicted octanol–water partition coefficient (Wildman–Crippen LogP) is 1.08. The second-order valence-electron chi connectivity index (χ2n) is 6.62. The molecule has 0 aromatic heterocycles. The summed E-state index contributed by atoms with van der Waals surface area (Å²) in [5, 5.41) is 0. The molecule has 5 nitrogen and oxygen atoms in total. The highest BCUT2D eigenvalue weighted by atomic mass is 32.2. The number of sulfone groups is 1. The number of hydrogen-bond donors (Lipinski definition) is 0. The number of hydrogen-bond acceptors (Lipinski definition) is 4. The third kappa shape index (κ3) is 3.93. The molecule has 2 aliphatic rings. The molecule has 1 aromatic rings. The summed E-state index contributed by atoms with van der Waals surface area (Å²) in [6.07, 6.45) is 2.05. The summed E-state index contributed by atoms with van der Waals surface area (Å²) in [5.74, 6) is 0.667. The van der Waals surface area contributed by atoms with Gasteiger partial charge in [-0.25, -0.2) is 8.42 Å². The Hall–Kier alpha value is -1.40. The van der Waals surface area contributed by atoms with E-state index >= 15 is 0 Å². The summed E-state index contributed by atoms with van der Waals surface area (Å²) in [5.41, 5.74) is 2.58. The van der Waals surface area contributed by atoms with Gasteiger partial charge in [0.1, 0.15) is 0 Å². The van der Waals surface area contributed by atoms with Gasteiger partial charge >= 0.3 is 0 Å². The first-order valence-electron chi connectivity index (χ1n) is 8.20. The van der Waals surface area contributed by atoms with Crippen molar-refractivity contribution in [2.45, 2.75) is 31.8 Å². The third-order valence-corrected chi connectivity index (χ3v) is 6.74. The minimum absolute atomic E-state index is 0.0647. The van der Waals surface area contributed by atoms with Gasteiger partial charge in [-0.05, 0) is 31.0 Å². The first kappa shape index (κ1) is 16.5. The summed E-state index contributed by atoms with van der Waals surface area (Å²) in [7, 11) is -0.949. The molecule has 0 radical (unpaired) electrons. The highest BCUT2D eigenvalue weighted by Crippen LogP contribution is 2.20. The van der Waals surface area contributed by atoms with Crippen LogP contribution in [0, 0.1) is 0 Å². The molecule has 2 heterocycles. The van der Waals surface area contributed by atoms with Gasteiger partial charge in [-0.3, -0.25) is 4.79 Å². The van der Waals surface area contributed by atoms with E-state index in [9.17, 15) is 13.2 Å². The molecular formula is C17H24N2O3S. The SMILES string of the molecule is CN(CCC(=O)N1CCc2ccccc2C1)C1CCS(=O)(=O)C1. The fourth-order valence-electron chi connectivity index (χ4n) is 3.44. The van der Waals surface area contributed by atoms with Crippen LogP contribution in [0.15, 0.2) is 24.3 Å². The maximum atomic E-state index is 12.4. The van der Waals surface area contributed by atoms with E-state index in [1.54, 1.807) is 0 Å². The normalized spacial score (nSPS) is 23.0. The van der Waals surface area contributed by atoms with Crippen LogP contribution in [0.1, 0.15) is 24.0 Å². The molecule has 126 valence electrons. The monoisotopic (exact) mass is 336 g/mol. The molecule has 3 rings (SSSR count). The van der Waals surface area contributed by atoms with Crippen molar-refractivity contribution >= 4 is 15.7 Å². The Morgan fingerprint density at radius 3 is 2.74 bits per heavy atom. The second-order valence-corrected chi connectivity index (χ2v) is 8.85. The van der Waals surface area contributed by atoms with Crippen molar-refractivity contribution in [3.8, 4) is 0 Å². The first-order chi connectivity index (χ1) is 10.9. The van der Waals surface area contributed by atoms with Gasteiger partial charge in [0.05, 0.1) is 11.5 Å². The topological polar surface area (TPSA) is 57.7 Å². The summed E-state index contributed by atoms with van der Waals surface area (Å²) < 4.78 is 23.1. The van der Waals surface area contributed by atoms with Crippen molar-refractivity contribution in [1.82, 2.24) is 9.80 Å². The number of benzene rings is 1. The molecule has 23 heavy (non-hydrogen) atoms. The minimum Gasteiger partial charge on any atom is -0.338 e. The Kier molecular flexibility index (Phi) is 4.73. The Morgan fingerprint density at radius 2 is 2.04 bits per heavy atom. The van der Waals surface area contributed by atoms with Crippen molar-refractivity contribution < 1.29 is 13.2 Å². The van der Waals surface area contributed by atoms with E-state index in [0.717, 1.165) is 13.0 Å².